The maximum Gasteiger partial charge on any atom is 0.264 e. The number of anilines is 2. The Bertz CT molecular complexity index is 1390. The molecule has 1 N–H and O–H groups in total. The number of carbonyl (C=O) groups excluding carboxylic acids is 2. The molecule has 1 aliphatic rings. The highest BCUT2D eigenvalue weighted by Gasteiger charge is 2.30. The summed E-state index contributed by atoms with van der Waals surface area (Å²) in [5.41, 5.74) is 0.824. The van der Waals surface area contributed by atoms with Gasteiger partial charge in [-0.3, -0.25) is 13.9 Å². The van der Waals surface area contributed by atoms with E-state index in [9.17, 15) is 18.0 Å². The highest BCUT2D eigenvalue weighted by atomic mass is 32.2. The molecule has 0 unspecified atom stereocenters. The summed E-state index contributed by atoms with van der Waals surface area (Å²) in [5, 5.41) is 2.76. The molecule has 0 atom stereocenters. The number of amides is 2. The molecular formula is C28H31N3O6S. The number of rotatable bonds is 9. The molecule has 9 nitrogen and oxygen atoms in total. The Morgan fingerprint density at radius 2 is 1.58 bits per heavy atom. The molecule has 3 aromatic carbocycles. The maximum atomic E-state index is 13.8. The second-order valence-corrected chi connectivity index (χ2v) is 10.7. The number of ether oxygens (including phenoxy) is 2. The quantitative estimate of drug-likeness (QED) is 0.439. The Labute approximate surface area is 223 Å². The fraction of sp³-hybridized carbons (Fsp3) is 0.286. The van der Waals surface area contributed by atoms with Crippen molar-refractivity contribution in [2.75, 3.05) is 43.5 Å². The molecule has 38 heavy (non-hydrogen) atoms. The third kappa shape index (κ3) is 5.91. The average Bonchev–Trinajstić information content (AvgIpc) is 2.96. The van der Waals surface area contributed by atoms with Gasteiger partial charge >= 0.3 is 0 Å². The number of nitrogens with zero attached hydrogens (tertiary/aromatic N) is 2. The van der Waals surface area contributed by atoms with E-state index < -0.39 is 22.5 Å². The predicted molar refractivity (Wildman–Crippen MR) is 145 cm³/mol. The van der Waals surface area contributed by atoms with Crippen LogP contribution in [0, 0.1) is 0 Å². The van der Waals surface area contributed by atoms with Crippen molar-refractivity contribution in [2.45, 2.75) is 24.2 Å². The minimum Gasteiger partial charge on any atom is -0.497 e. The lowest BCUT2D eigenvalue weighted by atomic mass is 10.1. The monoisotopic (exact) mass is 537 g/mol. The summed E-state index contributed by atoms with van der Waals surface area (Å²) >= 11 is 0. The first-order chi connectivity index (χ1) is 18.3. The van der Waals surface area contributed by atoms with Crippen LogP contribution >= 0.6 is 0 Å². The summed E-state index contributed by atoms with van der Waals surface area (Å²) < 4.78 is 39.2. The van der Waals surface area contributed by atoms with Crippen LogP contribution in [0.5, 0.6) is 11.5 Å². The van der Waals surface area contributed by atoms with E-state index in [4.69, 9.17) is 9.47 Å². The van der Waals surface area contributed by atoms with E-state index in [1.807, 2.05) is 0 Å². The summed E-state index contributed by atoms with van der Waals surface area (Å²) in [4.78, 5) is 28.3. The first-order valence-electron chi connectivity index (χ1n) is 12.3. The highest BCUT2D eigenvalue weighted by Crippen LogP contribution is 2.35. The second-order valence-electron chi connectivity index (χ2n) is 8.81. The molecule has 2 amide bonds. The van der Waals surface area contributed by atoms with Gasteiger partial charge in [0.05, 0.1) is 36.1 Å². The summed E-state index contributed by atoms with van der Waals surface area (Å²) in [6.45, 7) is 0.771. The fourth-order valence-electron chi connectivity index (χ4n) is 4.38. The summed E-state index contributed by atoms with van der Waals surface area (Å²) in [5.74, 6) is -0.136. The van der Waals surface area contributed by atoms with Crippen molar-refractivity contribution in [3.8, 4) is 11.5 Å². The summed E-state index contributed by atoms with van der Waals surface area (Å²) in [7, 11) is -1.30. The van der Waals surface area contributed by atoms with Crippen LogP contribution in [0.3, 0.4) is 0 Å². The van der Waals surface area contributed by atoms with E-state index in [-0.39, 0.29) is 22.2 Å². The van der Waals surface area contributed by atoms with Gasteiger partial charge < -0.3 is 19.7 Å². The second kappa shape index (κ2) is 12.0. The maximum absolute atomic E-state index is 13.8. The largest absolute Gasteiger partial charge is 0.497 e. The number of carbonyl (C=O) groups is 2. The Morgan fingerprint density at radius 1 is 0.895 bits per heavy atom. The zero-order chi connectivity index (χ0) is 27.1. The molecule has 0 spiro atoms. The number of methoxy groups -OCH3 is 2. The Hall–Kier alpha value is -4.05. The third-order valence-corrected chi connectivity index (χ3v) is 8.12. The van der Waals surface area contributed by atoms with Gasteiger partial charge in [0.25, 0.3) is 15.9 Å². The zero-order valence-corrected chi connectivity index (χ0v) is 22.2. The van der Waals surface area contributed by atoms with Gasteiger partial charge in [-0.2, -0.15) is 0 Å². The number of para-hydroxylation sites is 1. The smallest absolute Gasteiger partial charge is 0.264 e. The first-order valence-corrected chi connectivity index (χ1v) is 13.8. The van der Waals surface area contributed by atoms with E-state index >= 15 is 0 Å². The predicted octanol–water partition coefficient (Wildman–Crippen LogP) is 4.16. The van der Waals surface area contributed by atoms with Crippen molar-refractivity contribution in [2.24, 2.45) is 0 Å². The standard InChI is InChI=1S/C28H31N3O6S/c1-36-21-15-16-26(37-2)25(19-21)31(38(34,35)22-11-5-3-6-12-22)20-27(32)29-24-14-8-7-13-23(24)28(33)30-17-9-4-10-18-30/h3,5-8,11-16,19H,4,9-10,17-18,20H2,1-2H3,(H,29,32). The molecule has 0 aliphatic carbocycles. The topological polar surface area (TPSA) is 105 Å². The van der Waals surface area contributed by atoms with Crippen molar-refractivity contribution < 1.29 is 27.5 Å². The van der Waals surface area contributed by atoms with Gasteiger partial charge in [-0.25, -0.2) is 8.42 Å². The minimum absolute atomic E-state index is 0.0124. The first kappa shape index (κ1) is 27.0. The van der Waals surface area contributed by atoms with Crippen LogP contribution < -0.4 is 19.1 Å². The lowest BCUT2D eigenvalue weighted by Gasteiger charge is -2.28. The van der Waals surface area contributed by atoms with Crippen molar-refractivity contribution in [3.63, 3.8) is 0 Å². The molecular weight excluding hydrogens is 506 g/mol. The van der Waals surface area contributed by atoms with E-state index in [1.54, 1.807) is 59.5 Å². The molecule has 1 saturated heterocycles. The normalized spacial score (nSPS) is 13.5. The van der Waals surface area contributed by atoms with Crippen LogP contribution in [0.15, 0.2) is 77.7 Å². The molecule has 1 fully saturated rings. The number of nitrogens with one attached hydrogen (secondary N) is 1. The molecule has 10 heteroatoms. The van der Waals surface area contributed by atoms with Crippen molar-refractivity contribution >= 4 is 33.2 Å². The molecule has 200 valence electrons. The third-order valence-electron chi connectivity index (χ3n) is 6.35. The van der Waals surface area contributed by atoms with Gasteiger partial charge in [0.1, 0.15) is 18.0 Å². The van der Waals surface area contributed by atoms with Crippen LogP contribution in [0.2, 0.25) is 0 Å². The summed E-state index contributed by atoms with van der Waals surface area (Å²) in [6.07, 6.45) is 2.96. The van der Waals surface area contributed by atoms with Crippen molar-refractivity contribution in [1.29, 1.82) is 0 Å². The number of hydrogen-bond acceptors (Lipinski definition) is 6. The molecule has 0 saturated carbocycles. The molecule has 3 aromatic rings. The molecule has 0 aromatic heterocycles. The van der Waals surface area contributed by atoms with Gasteiger partial charge in [-0.15, -0.1) is 0 Å². The van der Waals surface area contributed by atoms with Crippen LogP contribution in [0.4, 0.5) is 11.4 Å². The number of sulfonamides is 1. The number of likely N-dealkylation sites (tertiary alicyclic amines) is 1. The SMILES string of the molecule is COc1ccc(OC)c(N(CC(=O)Nc2ccccc2C(=O)N2CCCCC2)S(=O)(=O)c2ccccc2)c1. The van der Waals surface area contributed by atoms with E-state index in [1.165, 1.54) is 32.4 Å². The average molecular weight is 538 g/mol. The number of benzene rings is 3. The van der Waals surface area contributed by atoms with Crippen LogP contribution in [-0.4, -0.2) is 59.0 Å². The van der Waals surface area contributed by atoms with Gasteiger partial charge in [0, 0.05) is 19.2 Å². The molecule has 4 rings (SSSR count). The lowest BCUT2D eigenvalue weighted by molar-refractivity contribution is -0.114. The molecule has 1 heterocycles. The van der Waals surface area contributed by atoms with Crippen LogP contribution in [0.25, 0.3) is 0 Å². The van der Waals surface area contributed by atoms with Crippen molar-refractivity contribution in [3.05, 3.63) is 78.4 Å². The van der Waals surface area contributed by atoms with Gasteiger partial charge in [-0.05, 0) is 55.7 Å². The minimum atomic E-state index is -4.18. The lowest BCUT2D eigenvalue weighted by Crippen LogP contribution is -2.39. The van der Waals surface area contributed by atoms with E-state index in [2.05, 4.69) is 5.32 Å². The molecule has 0 radical (unpaired) electrons. The van der Waals surface area contributed by atoms with Crippen LogP contribution in [0.1, 0.15) is 29.6 Å². The zero-order valence-electron chi connectivity index (χ0n) is 21.4. The Morgan fingerprint density at radius 3 is 2.26 bits per heavy atom. The number of piperidine rings is 1. The Kier molecular flexibility index (Phi) is 8.52. The Balaban J connectivity index is 1.67. The van der Waals surface area contributed by atoms with E-state index in [0.717, 1.165) is 23.6 Å². The fourth-order valence-corrected chi connectivity index (χ4v) is 5.82. The van der Waals surface area contributed by atoms with Crippen molar-refractivity contribution in [1.82, 2.24) is 4.90 Å². The number of hydrogen-bond donors (Lipinski definition) is 1. The van der Waals surface area contributed by atoms with Gasteiger partial charge in [0.15, 0.2) is 0 Å². The van der Waals surface area contributed by atoms with Gasteiger partial charge in [0.2, 0.25) is 5.91 Å². The highest BCUT2D eigenvalue weighted by molar-refractivity contribution is 7.92. The molecule has 1 aliphatic heterocycles. The van der Waals surface area contributed by atoms with E-state index in [0.29, 0.717) is 30.1 Å². The molecule has 0 bridgehead atoms. The van der Waals surface area contributed by atoms with Gasteiger partial charge in [-0.1, -0.05) is 30.3 Å². The van der Waals surface area contributed by atoms with Crippen LogP contribution in [-0.2, 0) is 14.8 Å². The summed E-state index contributed by atoms with van der Waals surface area (Å²) in [6, 6.07) is 19.3.